The molecule has 5 nitrogen and oxygen atoms in total. The third-order valence-corrected chi connectivity index (χ3v) is 3.29. The molecule has 0 aliphatic carbocycles. The molecule has 20 heavy (non-hydrogen) atoms. The third kappa shape index (κ3) is 4.84. The second-order valence-corrected chi connectivity index (χ2v) is 4.80. The lowest BCUT2D eigenvalue weighted by atomic mass is 10.0. The van der Waals surface area contributed by atoms with Gasteiger partial charge in [0.15, 0.2) is 0 Å². The summed E-state index contributed by atoms with van der Waals surface area (Å²) in [7, 11) is 0. The molecule has 0 saturated carbocycles. The van der Waals surface area contributed by atoms with Gasteiger partial charge in [-0.05, 0) is 30.5 Å². The number of hydrogen-bond acceptors (Lipinski definition) is 3. The molecular formula is C15H20N2O3. The van der Waals surface area contributed by atoms with Crippen LogP contribution < -0.4 is 5.32 Å². The maximum absolute atomic E-state index is 12.0. The van der Waals surface area contributed by atoms with E-state index < -0.39 is 5.97 Å². The van der Waals surface area contributed by atoms with Crippen LogP contribution in [-0.4, -0.2) is 28.0 Å². The van der Waals surface area contributed by atoms with Crippen molar-refractivity contribution < 1.29 is 14.7 Å². The summed E-state index contributed by atoms with van der Waals surface area (Å²) in [4.78, 5) is 26.4. The predicted octanol–water partition coefficient (Wildman–Crippen LogP) is 2.34. The molecule has 5 heteroatoms. The summed E-state index contributed by atoms with van der Waals surface area (Å²) in [5.41, 5.74) is 0.964. The van der Waals surface area contributed by atoms with Crippen LogP contribution in [0.25, 0.3) is 6.08 Å². The fourth-order valence-corrected chi connectivity index (χ4v) is 1.58. The lowest BCUT2D eigenvalue weighted by Gasteiger charge is -2.19. The average Bonchev–Trinajstić information content (AvgIpc) is 2.44. The molecule has 0 fully saturated rings. The molecule has 0 spiro atoms. The highest BCUT2D eigenvalue weighted by molar-refractivity contribution is 5.92. The van der Waals surface area contributed by atoms with Crippen molar-refractivity contribution in [2.75, 3.05) is 0 Å². The number of carboxylic acids is 1. The van der Waals surface area contributed by atoms with Crippen LogP contribution in [0.5, 0.6) is 0 Å². The zero-order valence-corrected chi connectivity index (χ0v) is 12.0. The van der Waals surface area contributed by atoms with E-state index in [1.807, 2.05) is 6.92 Å². The van der Waals surface area contributed by atoms with E-state index in [2.05, 4.69) is 24.1 Å². The Kier molecular flexibility index (Phi) is 5.90. The molecule has 108 valence electrons. The summed E-state index contributed by atoms with van der Waals surface area (Å²) in [5.74, 6) is -0.836. The maximum atomic E-state index is 12.0. The summed E-state index contributed by atoms with van der Waals surface area (Å²) < 4.78 is 0. The van der Waals surface area contributed by atoms with E-state index in [0.29, 0.717) is 17.2 Å². The van der Waals surface area contributed by atoms with Crippen LogP contribution in [0.4, 0.5) is 0 Å². The largest absolute Gasteiger partial charge is 0.478 e. The van der Waals surface area contributed by atoms with Crippen molar-refractivity contribution in [1.29, 1.82) is 0 Å². The minimum absolute atomic E-state index is 0.0842. The molecule has 1 aromatic rings. The molecule has 0 saturated heterocycles. The molecule has 2 N–H and O–H groups in total. The normalized spacial score (nSPS) is 13.9. The minimum Gasteiger partial charge on any atom is -0.478 e. The number of amides is 1. The first-order valence-electron chi connectivity index (χ1n) is 6.62. The van der Waals surface area contributed by atoms with E-state index in [1.54, 1.807) is 12.1 Å². The fraction of sp³-hybridized carbons (Fsp3) is 0.400. The highest BCUT2D eigenvalue weighted by atomic mass is 16.4. The Balaban J connectivity index is 2.68. The number of nitrogens with one attached hydrogen (secondary N) is 1. The molecule has 1 heterocycles. The molecule has 0 aliphatic rings. The summed E-state index contributed by atoms with van der Waals surface area (Å²) in [6, 6.07) is 3.33. The van der Waals surface area contributed by atoms with Crippen LogP contribution in [0, 0.1) is 5.92 Å². The van der Waals surface area contributed by atoms with Crippen LogP contribution in [0.2, 0.25) is 0 Å². The van der Waals surface area contributed by atoms with Gasteiger partial charge in [-0.3, -0.25) is 9.78 Å². The van der Waals surface area contributed by atoms with E-state index in [1.165, 1.54) is 12.3 Å². The summed E-state index contributed by atoms with van der Waals surface area (Å²) >= 11 is 0. The Labute approximate surface area is 118 Å². The van der Waals surface area contributed by atoms with Gasteiger partial charge in [0.2, 0.25) is 0 Å². The second-order valence-electron chi connectivity index (χ2n) is 4.80. The highest BCUT2D eigenvalue weighted by Crippen LogP contribution is 2.08. The SMILES string of the molecule is CCC(C)C(C)NC(=O)c1ccc(C=CC(=O)O)cn1. The first-order chi connectivity index (χ1) is 9.43. The highest BCUT2D eigenvalue weighted by Gasteiger charge is 2.14. The Bertz CT molecular complexity index is 494. The second kappa shape index (κ2) is 7.43. The number of carbonyl (C=O) groups excluding carboxylic acids is 1. The quantitative estimate of drug-likeness (QED) is 0.782. The molecule has 2 unspecified atom stereocenters. The van der Waals surface area contributed by atoms with Gasteiger partial charge < -0.3 is 10.4 Å². The number of aliphatic carboxylic acids is 1. The molecule has 1 amide bonds. The van der Waals surface area contributed by atoms with Gasteiger partial charge in [0.1, 0.15) is 5.69 Å². The fourth-order valence-electron chi connectivity index (χ4n) is 1.58. The predicted molar refractivity (Wildman–Crippen MR) is 77.3 cm³/mol. The number of aromatic nitrogens is 1. The van der Waals surface area contributed by atoms with E-state index in [-0.39, 0.29) is 11.9 Å². The van der Waals surface area contributed by atoms with Crippen LogP contribution in [0.3, 0.4) is 0 Å². The first-order valence-corrected chi connectivity index (χ1v) is 6.62. The van der Waals surface area contributed by atoms with E-state index in [9.17, 15) is 9.59 Å². The number of carboxylic acid groups (broad SMARTS) is 1. The maximum Gasteiger partial charge on any atom is 0.328 e. The van der Waals surface area contributed by atoms with Crippen molar-refractivity contribution >= 4 is 18.0 Å². The Morgan fingerprint density at radius 3 is 2.60 bits per heavy atom. The molecule has 1 aromatic heterocycles. The van der Waals surface area contributed by atoms with Crippen molar-refractivity contribution in [1.82, 2.24) is 10.3 Å². The molecule has 2 atom stereocenters. The summed E-state index contributed by atoms with van der Waals surface area (Å²) in [5, 5.41) is 11.4. The van der Waals surface area contributed by atoms with E-state index >= 15 is 0 Å². The zero-order chi connectivity index (χ0) is 15.1. The van der Waals surface area contributed by atoms with Crippen LogP contribution in [0.1, 0.15) is 43.2 Å². The third-order valence-electron chi connectivity index (χ3n) is 3.29. The summed E-state index contributed by atoms with van der Waals surface area (Å²) in [6.07, 6.45) is 4.93. The van der Waals surface area contributed by atoms with Gasteiger partial charge in [-0.25, -0.2) is 4.79 Å². The van der Waals surface area contributed by atoms with E-state index in [0.717, 1.165) is 12.5 Å². The monoisotopic (exact) mass is 276 g/mol. The average molecular weight is 276 g/mol. The van der Waals surface area contributed by atoms with Crippen molar-refractivity contribution in [2.45, 2.75) is 33.2 Å². The van der Waals surface area contributed by atoms with Crippen molar-refractivity contribution in [3.05, 3.63) is 35.7 Å². The number of rotatable bonds is 6. The molecule has 1 rings (SSSR count). The zero-order valence-electron chi connectivity index (χ0n) is 12.0. The van der Waals surface area contributed by atoms with Gasteiger partial charge in [-0.1, -0.05) is 26.3 Å². The van der Waals surface area contributed by atoms with Crippen LogP contribution >= 0.6 is 0 Å². The summed E-state index contributed by atoms with van der Waals surface area (Å²) in [6.45, 7) is 6.13. The number of pyridine rings is 1. The van der Waals surface area contributed by atoms with Gasteiger partial charge in [0.05, 0.1) is 0 Å². The molecule has 0 radical (unpaired) electrons. The Hall–Kier alpha value is -2.17. The van der Waals surface area contributed by atoms with Gasteiger partial charge in [0, 0.05) is 18.3 Å². The van der Waals surface area contributed by atoms with Crippen LogP contribution in [-0.2, 0) is 4.79 Å². The van der Waals surface area contributed by atoms with Crippen molar-refractivity contribution in [2.24, 2.45) is 5.92 Å². The van der Waals surface area contributed by atoms with Crippen LogP contribution in [0.15, 0.2) is 24.4 Å². The number of carbonyl (C=O) groups is 2. The lowest BCUT2D eigenvalue weighted by molar-refractivity contribution is -0.131. The minimum atomic E-state index is -1.02. The van der Waals surface area contributed by atoms with Gasteiger partial charge >= 0.3 is 5.97 Å². The Morgan fingerprint density at radius 1 is 1.40 bits per heavy atom. The molecule has 0 aliphatic heterocycles. The van der Waals surface area contributed by atoms with E-state index in [4.69, 9.17) is 5.11 Å². The van der Waals surface area contributed by atoms with Crippen molar-refractivity contribution in [3.8, 4) is 0 Å². The standard InChI is InChI=1S/C15H20N2O3/c1-4-10(2)11(3)17-15(20)13-7-5-12(9-16-13)6-8-14(18)19/h5-11H,4H2,1-3H3,(H,17,20)(H,18,19). The molecular weight excluding hydrogens is 256 g/mol. The topological polar surface area (TPSA) is 79.3 Å². The number of hydrogen-bond donors (Lipinski definition) is 2. The lowest BCUT2D eigenvalue weighted by Crippen LogP contribution is -2.37. The van der Waals surface area contributed by atoms with Gasteiger partial charge in [-0.15, -0.1) is 0 Å². The van der Waals surface area contributed by atoms with Gasteiger partial charge in [-0.2, -0.15) is 0 Å². The smallest absolute Gasteiger partial charge is 0.328 e. The van der Waals surface area contributed by atoms with Crippen molar-refractivity contribution in [3.63, 3.8) is 0 Å². The molecule has 0 bridgehead atoms. The van der Waals surface area contributed by atoms with Gasteiger partial charge in [0.25, 0.3) is 5.91 Å². The first kappa shape index (κ1) is 15.9. The number of nitrogens with zero attached hydrogens (tertiary/aromatic N) is 1. The molecule has 0 aromatic carbocycles. The Morgan fingerprint density at radius 2 is 2.10 bits per heavy atom.